The Labute approximate surface area is 199 Å². The molecule has 7 nitrogen and oxygen atoms in total. The van der Waals surface area contributed by atoms with Crippen LogP contribution in [0.15, 0.2) is 36.4 Å². The van der Waals surface area contributed by atoms with Gasteiger partial charge in [0, 0.05) is 37.2 Å². The fourth-order valence-electron chi connectivity index (χ4n) is 2.85. The second-order valence-electron chi connectivity index (χ2n) is 6.99. The number of ether oxygens (including phenoxy) is 3. The lowest BCUT2D eigenvalue weighted by Crippen LogP contribution is -2.13. The predicted octanol–water partition coefficient (Wildman–Crippen LogP) is 3.53. The van der Waals surface area contributed by atoms with Crippen LogP contribution < -0.4 is 20.1 Å². The molecule has 0 heterocycles. The summed E-state index contributed by atoms with van der Waals surface area (Å²) in [5.74, 6) is 5.42. The van der Waals surface area contributed by atoms with Gasteiger partial charge in [-0.05, 0) is 31.0 Å². The van der Waals surface area contributed by atoms with Crippen LogP contribution in [0.5, 0.6) is 11.5 Å². The monoisotopic (exact) mass is 466 g/mol. The smallest absolute Gasteiger partial charge is 0.340 e. The van der Waals surface area contributed by atoms with Gasteiger partial charge in [-0.2, -0.15) is 0 Å². The molecule has 0 amide bonds. The van der Waals surface area contributed by atoms with Gasteiger partial charge in [-0.15, -0.1) is 0 Å². The maximum absolute atomic E-state index is 12.9. The number of methoxy groups -OCH3 is 2. The molecule has 0 aliphatic rings. The van der Waals surface area contributed by atoms with E-state index < -0.39 is 5.97 Å². The van der Waals surface area contributed by atoms with Crippen LogP contribution in [0.1, 0.15) is 35.7 Å². The van der Waals surface area contributed by atoms with E-state index in [9.17, 15) is 14.0 Å². The number of nitrogens with one attached hydrogen (secondary N) is 2. The highest BCUT2D eigenvalue weighted by molar-refractivity contribution is 5.97. The molecule has 0 saturated heterocycles. The molecule has 0 radical (unpaired) electrons. The van der Waals surface area contributed by atoms with E-state index in [-0.39, 0.29) is 30.0 Å². The summed E-state index contributed by atoms with van der Waals surface area (Å²) in [5.41, 5.74) is 1.48. The highest BCUT2D eigenvalue weighted by Crippen LogP contribution is 2.34. The van der Waals surface area contributed by atoms with E-state index in [1.54, 1.807) is 31.2 Å². The van der Waals surface area contributed by atoms with Gasteiger partial charge in [0.1, 0.15) is 11.6 Å². The molecule has 8 heteroatoms. The molecule has 0 aliphatic carbocycles. The third-order valence-corrected chi connectivity index (χ3v) is 4.51. The van der Waals surface area contributed by atoms with E-state index in [4.69, 9.17) is 14.2 Å². The number of rotatable bonds is 11. The predicted molar refractivity (Wildman–Crippen MR) is 127 cm³/mol. The van der Waals surface area contributed by atoms with Crippen molar-refractivity contribution in [2.45, 2.75) is 26.2 Å². The summed E-state index contributed by atoms with van der Waals surface area (Å²) in [6.07, 6.45) is 0.949. The van der Waals surface area contributed by atoms with Gasteiger partial charge in [-0.25, -0.2) is 9.18 Å². The van der Waals surface area contributed by atoms with Gasteiger partial charge in [0.25, 0.3) is 0 Å². The van der Waals surface area contributed by atoms with Gasteiger partial charge in [0.2, 0.25) is 0 Å². The minimum atomic E-state index is -0.529. The Bertz CT molecular complexity index is 1110. The van der Waals surface area contributed by atoms with E-state index >= 15 is 0 Å². The van der Waals surface area contributed by atoms with Gasteiger partial charge in [-0.1, -0.05) is 24.0 Å². The highest BCUT2D eigenvalue weighted by atomic mass is 19.1. The minimum absolute atomic E-state index is 0.0411. The van der Waals surface area contributed by atoms with Crippen LogP contribution in [0.25, 0.3) is 0 Å². The average molecular weight is 467 g/mol. The molecule has 0 aromatic heterocycles. The number of hydrogen-bond donors (Lipinski definition) is 2. The normalized spacial score (nSPS) is 9.53. The van der Waals surface area contributed by atoms with Crippen molar-refractivity contribution >= 4 is 17.4 Å². The van der Waals surface area contributed by atoms with E-state index in [0.717, 1.165) is 5.56 Å². The first-order valence-electron chi connectivity index (χ1n) is 10.6. The quantitative estimate of drug-likeness (QED) is 0.227. The molecule has 0 unspecified atom stereocenters. The standard InChI is InChI=1S/C26H27FN2O5/c1-4-12-29-23-18-24(32-2)25(17-22(23)26(31)33-3)34-15-6-14-28-13-5-7-21(30)16-19-8-10-20(27)11-9-19/h8-11,17-18,28-29H,6-7,14-16H2,1-3H3. The fourth-order valence-corrected chi connectivity index (χ4v) is 2.85. The third kappa shape index (κ3) is 8.40. The van der Waals surface area contributed by atoms with Crippen LogP contribution in [0.3, 0.4) is 0 Å². The van der Waals surface area contributed by atoms with Crippen LogP contribution in [-0.2, 0) is 16.0 Å². The number of hydrogen-bond acceptors (Lipinski definition) is 7. The SMILES string of the molecule is CC#CNc1cc(OC)c(OCCCNC#CCC(=O)Cc2ccc(F)cc2)cc1C(=O)OC. The van der Waals surface area contributed by atoms with Crippen molar-refractivity contribution in [2.75, 3.05) is 32.7 Å². The lowest BCUT2D eigenvalue weighted by atomic mass is 10.1. The topological polar surface area (TPSA) is 85.9 Å². The van der Waals surface area contributed by atoms with Crippen molar-refractivity contribution in [3.05, 3.63) is 53.3 Å². The van der Waals surface area contributed by atoms with Crippen molar-refractivity contribution < 1.29 is 28.2 Å². The van der Waals surface area contributed by atoms with Crippen LogP contribution in [0.4, 0.5) is 10.1 Å². The number of anilines is 1. The molecular weight excluding hydrogens is 439 g/mol. The second kappa shape index (κ2) is 14.1. The zero-order valence-electron chi connectivity index (χ0n) is 19.4. The summed E-state index contributed by atoms with van der Waals surface area (Å²) in [4.78, 5) is 24.0. The molecule has 0 aliphatic heterocycles. The Hall–Kier alpha value is -4.17. The lowest BCUT2D eigenvalue weighted by Gasteiger charge is -2.14. The summed E-state index contributed by atoms with van der Waals surface area (Å²) in [6.45, 7) is 2.55. The van der Waals surface area contributed by atoms with Crippen molar-refractivity contribution in [1.29, 1.82) is 0 Å². The first-order chi connectivity index (χ1) is 16.5. The molecule has 0 fully saturated rings. The number of carbonyl (C=O) groups excluding carboxylic acids is 2. The molecule has 0 atom stereocenters. The summed E-state index contributed by atoms with van der Waals surface area (Å²) < 4.78 is 28.9. The zero-order valence-corrected chi connectivity index (χ0v) is 19.4. The molecule has 2 rings (SSSR count). The van der Waals surface area contributed by atoms with Crippen LogP contribution in [0, 0.1) is 29.7 Å². The van der Waals surface area contributed by atoms with E-state index in [1.807, 2.05) is 0 Å². The van der Waals surface area contributed by atoms with E-state index in [0.29, 0.717) is 36.8 Å². The summed E-state index contributed by atoms with van der Waals surface area (Å²) in [7, 11) is 2.80. The number of Topliss-reactive ketones (excluding diaryl/α,β-unsaturated/α-hetero) is 1. The Morgan fingerprint density at radius 3 is 2.50 bits per heavy atom. The maximum atomic E-state index is 12.9. The summed E-state index contributed by atoms with van der Waals surface area (Å²) in [6, 6.07) is 14.4. The van der Waals surface area contributed by atoms with Crippen molar-refractivity contribution in [2.24, 2.45) is 0 Å². The van der Waals surface area contributed by atoms with Crippen molar-refractivity contribution in [3.63, 3.8) is 0 Å². The third-order valence-electron chi connectivity index (χ3n) is 4.51. The maximum Gasteiger partial charge on any atom is 0.340 e. The lowest BCUT2D eigenvalue weighted by molar-refractivity contribution is -0.117. The molecule has 34 heavy (non-hydrogen) atoms. The first kappa shape index (κ1) is 26.1. The van der Waals surface area contributed by atoms with Crippen LogP contribution in [0.2, 0.25) is 0 Å². The molecule has 0 saturated carbocycles. The van der Waals surface area contributed by atoms with E-state index in [1.165, 1.54) is 26.4 Å². The van der Waals surface area contributed by atoms with Gasteiger partial charge in [-0.3, -0.25) is 4.79 Å². The van der Waals surface area contributed by atoms with Crippen LogP contribution >= 0.6 is 0 Å². The zero-order chi connectivity index (χ0) is 24.8. The molecule has 178 valence electrons. The summed E-state index contributed by atoms with van der Waals surface area (Å²) in [5, 5.41) is 5.76. The first-order valence-corrected chi connectivity index (χ1v) is 10.6. The minimum Gasteiger partial charge on any atom is -0.493 e. The fraction of sp³-hybridized carbons (Fsp3) is 0.308. The molecule has 2 N–H and O–H groups in total. The number of carbonyl (C=O) groups is 2. The Morgan fingerprint density at radius 2 is 1.82 bits per heavy atom. The van der Waals surface area contributed by atoms with Gasteiger partial charge >= 0.3 is 5.97 Å². The Balaban J connectivity index is 1.81. The Kier molecular flexibility index (Phi) is 10.8. The van der Waals surface area contributed by atoms with Crippen LogP contribution in [-0.4, -0.2) is 39.1 Å². The summed E-state index contributed by atoms with van der Waals surface area (Å²) >= 11 is 0. The van der Waals surface area contributed by atoms with Gasteiger partial charge in [0.05, 0.1) is 38.5 Å². The van der Waals surface area contributed by atoms with Gasteiger partial charge < -0.3 is 24.8 Å². The highest BCUT2D eigenvalue weighted by Gasteiger charge is 2.17. The van der Waals surface area contributed by atoms with Gasteiger partial charge in [0.15, 0.2) is 11.5 Å². The average Bonchev–Trinajstić information content (AvgIpc) is 2.85. The van der Waals surface area contributed by atoms with Crippen molar-refractivity contribution in [1.82, 2.24) is 5.32 Å². The molecule has 2 aromatic carbocycles. The molecule has 2 aromatic rings. The number of esters is 1. The van der Waals surface area contributed by atoms with E-state index in [2.05, 4.69) is 34.6 Å². The Morgan fingerprint density at radius 1 is 1.06 bits per heavy atom. The number of halogens is 1. The second-order valence-corrected chi connectivity index (χ2v) is 6.99. The molecular formula is C26H27FN2O5. The number of ketones is 1. The number of benzene rings is 2. The molecule has 0 spiro atoms. The largest absolute Gasteiger partial charge is 0.493 e. The van der Waals surface area contributed by atoms with Crippen molar-refractivity contribution in [3.8, 4) is 35.4 Å². The molecule has 0 bridgehead atoms.